The van der Waals surface area contributed by atoms with Gasteiger partial charge in [0.2, 0.25) is 0 Å². The Morgan fingerprint density at radius 3 is 2.57 bits per heavy atom. The molecule has 0 saturated carbocycles. The monoisotopic (exact) mass is 188 g/mol. The fraction of sp³-hybridized carbons (Fsp3) is 0.429. The fourth-order valence-corrected chi connectivity index (χ4v) is 1.59. The normalized spacial score (nSPS) is 11.0. The van der Waals surface area contributed by atoms with Crippen molar-refractivity contribution in [3.63, 3.8) is 0 Å². The maximum absolute atomic E-state index is 2.32. The molecule has 0 heteroatoms. The quantitative estimate of drug-likeness (QED) is 0.609. The van der Waals surface area contributed by atoms with E-state index < -0.39 is 0 Å². The Morgan fingerprint density at radius 2 is 1.86 bits per heavy atom. The molecule has 0 atom stereocenters. The van der Waals surface area contributed by atoms with Crippen LogP contribution in [0.4, 0.5) is 0 Å². The van der Waals surface area contributed by atoms with Crippen molar-refractivity contribution in [1.82, 2.24) is 0 Å². The molecule has 0 aromatic heterocycles. The molecule has 0 bridgehead atoms. The van der Waals surface area contributed by atoms with Gasteiger partial charge in [0.05, 0.1) is 0 Å². The summed E-state index contributed by atoms with van der Waals surface area (Å²) in [6.45, 7) is 4.40. The molecule has 0 heterocycles. The number of benzene rings is 1. The highest BCUT2D eigenvalue weighted by Gasteiger charge is 1.93. The highest BCUT2D eigenvalue weighted by molar-refractivity contribution is 5.25. The van der Waals surface area contributed by atoms with Gasteiger partial charge in [-0.1, -0.05) is 56.7 Å². The standard InChI is InChI=1S/C14H20/c1-3-5-6-9-14-11-7-10-13(12-14)8-4-2/h5-7,10-12H,3-4,8-9H2,1-2H3. The van der Waals surface area contributed by atoms with Crippen molar-refractivity contribution >= 4 is 0 Å². The van der Waals surface area contributed by atoms with Gasteiger partial charge in [-0.05, 0) is 30.4 Å². The van der Waals surface area contributed by atoms with Gasteiger partial charge in [-0.3, -0.25) is 0 Å². The highest BCUT2D eigenvalue weighted by Crippen LogP contribution is 2.08. The maximum atomic E-state index is 2.32. The molecule has 76 valence electrons. The van der Waals surface area contributed by atoms with Crippen molar-refractivity contribution in [2.24, 2.45) is 0 Å². The third-order valence-electron chi connectivity index (χ3n) is 2.29. The molecule has 0 saturated heterocycles. The Hall–Kier alpha value is -1.04. The van der Waals surface area contributed by atoms with Gasteiger partial charge in [-0.25, -0.2) is 0 Å². The van der Waals surface area contributed by atoms with Crippen LogP contribution in [0, 0.1) is 0 Å². The van der Waals surface area contributed by atoms with Crippen LogP contribution in [0.1, 0.15) is 37.8 Å². The minimum atomic E-state index is 1.07. The van der Waals surface area contributed by atoms with Gasteiger partial charge in [0.1, 0.15) is 0 Å². The molecular weight excluding hydrogens is 168 g/mol. The summed E-state index contributed by atoms with van der Waals surface area (Å²) in [5, 5.41) is 0. The number of hydrogen-bond donors (Lipinski definition) is 0. The first kappa shape index (κ1) is 11.0. The van der Waals surface area contributed by atoms with Gasteiger partial charge in [-0.2, -0.15) is 0 Å². The van der Waals surface area contributed by atoms with Gasteiger partial charge >= 0.3 is 0 Å². The fourth-order valence-electron chi connectivity index (χ4n) is 1.59. The molecule has 1 rings (SSSR count). The van der Waals surface area contributed by atoms with Crippen molar-refractivity contribution in [3.05, 3.63) is 47.5 Å². The first-order chi connectivity index (χ1) is 6.86. The van der Waals surface area contributed by atoms with Crippen molar-refractivity contribution in [3.8, 4) is 0 Å². The van der Waals surface area contributed by atoms with E-state index in [-0.39, 0.29) is 0 Å². The molecule has 0 aliphatic carbocycles. The SMILES string of the molecule is CCC=CCc1cccc(CCC)c1. The van der Waals surface area contributed by atoms with Crippen LogP contribution in [0.3, 0.4) is 0 Å². The van der Waals surface area contributed by atoms with Crippen LogP contribution < -0.4 is 0 Å². The van der Waals surface area contributed by atoms with Crippen LogP contribution in [0.15, 0.2) is 36.4 Å². The van der Waals surface area contributed by atoms with Crippen LogP contribution in [0.5, 0.6) is 0 Å². The predicted molar refractivity (Wildman–Crippen MR) is 63.6 cm³/mol. The molecule has 0 amide bonds. The van der Waals surface area contributed by atoms with Crippen molar-refractivity contribution in [1.29, 1.82) is 0 Å². The number of allylic oxidation sites excluding steroid dienone is 2. The Labute approximate surface area is 87.7 Å². The average molecular weight is 188 g/mol. The first-order valence-corrected chi connectivity index (χ1v) is 5.59. The molecule has 0 aliphatic heterocycles. The van der Waals surface area contributed by atoms with Crippen LogP contribution in [0.25, 0.3) is 0 Å². The first-order valence-electron chi connectivity index (χ1n) is 5.59. The van der Waals surface area contributed by atoms with E-state index in [1.165, 1.54) is 24.0 Å². The van der Waals surface area contributed by atoms with Crippen LogP contribution in [0.2, 0.25) is 0 Å². The lowest BCUT2D eigenvalue weighted by Crippen LogP contribution is -1.86. The minimum absolute atomic E-state index is 1.07. The van der Waals surface area contributed by atoms with Crippen molar-refractivity contribution in [2.75, 3.05) is 0 Å². The molecule has 1 aromatic rings. The van der Waals surface area contributed by atoms with Gasteiger partial charge in [0.15, 0.2) is 0 Å². The molecule has 0 nitrogen and oxygen atoms in total. The Kier molecular flexibility index (Phi) is 5.06. The Morgan fingerprint density at radius 1 is 1.07 bits per heavy atom. The van der Waals surface area contributed by atoms with Crippen LogP contribution in [-0.2, 0) is 12.8 Å². The average Bonchev–Trinajstić information content (AvgIpc) is 2.19. The topological polar surface area (TPSA) is 0 Å². The highest BCUT2D eigenvalue weighted by atomic mass is 14.0. The Balaban J connectivity index is 2.58. The summed E-state index contributed by atoms with van der Waals surface area (Å²) < 4.78 is 0. The zero-order chi connectivity index (χ0) is 10.2. The summed E-state index contributed by atoms with van der Waals surface area (Å²) in [4.78, 5) is 0. The lowest BCUT2D eigenvalue weighted by Gasteiger charge is -2.01. The van der Waals surface area contributed by atoms with E-state index >= 15 is 0 Å². The Bertz CT molecular complexity index is 284. The summed E-state index contributed by atoms with van der Waals surface area (Å²) in [6, 6.07) is 8.92. The summed E-state index contributed by atoms with van der Waals surface area (Å²) >= 11 is 0. The summed E-state index contributed by atoms with van der Waals surface area (Å²) in [7, 11) is 0. The number of rotatable bonds is 5. The van der Waals surface area contributed by atoms with Gasteiger partial charge < -0.3 is 0 Å². The van der Waals surface area contributed by atoms with E-state index in [1.54, 1.807) is 0 Å². The molecule has 0 fully saturated rings. The lowest BCUT2D eigenvalue weighted by molar-refractivity contribution is 0.919. The summed E-state index contributed by atoms with van der Waals surface area (Å²) in [6.07, 6.45) is 9.12. The third-order valence-corrected chi connectivity index (χ3v) is 2.29. The second-order valence-corrected chi connectivity index (χ2v) is 3.65. The smallest absolute Gasteiger partial charge is 0.00974 e. The van der Waals surface area contributed by atoms with Crippen LogP contribution >= 0.6 is 0 Å². The van der Waals surface area contributed by atoms with E-state index in [9.17, 15) is 0 Å². The predicted octanol–water partition coefficient (Wildman–Crippen LogP) is 4.15. The molecule has 0 aliphatic rings. The molecule has 0 spiro atoms. The van der Waals surface area contributed by atoms with E-state index in [0.29, 0.717) is 0 Å². The maximum Gasteiger partial charge on any atom is -0.00974 e. The molecular formula is C14H20. The summed E-state index contributed by atoms with van der Waals surface area (Å²) in [5.74, 6) is 0. The second kappa shape index (κ2) is 6.42. The molecule has 0 unspecified atom stereocenters. The largest absolute Gasteiger partial charge is 0.0885 e. The summed E-state index contributed by atoms with van der Waals surface area (Å²) in [5.41, 5.74) is 2.90. The van der Waals surface area contributed by atoms with Crippen molar-refractivity contribution in [2.45, 2.75) is 39.5 Å². The van der Waals surface area contributed by atoms with E-state index in [1.807, 2.05) is 0 Å². The zero-order valence-corrected chi connectivity index (χ0v) is 9.29. The molecule has 14 heavy (non-hydrogen) atoms. The van der Waals surface area contributed by atoms with E-state index in [0.717, 1.165) is 12.8 Å². The van der Waals surface area contributed by atoms with Gasteiger partial charge in [0, 0.05) is 0 Å². The lowest BCUT2D eigenvalue weighted by atomic mass is 10.0. The third kappa shape index (κ3) is 3.78. The zero-order valence-electron chi connectivity index (χ0n) is 9.29. The van der Waals surface area contributed by atoms with E-state index in [2.05, 4.69) is 50.3 Å². The van der Waals surface area contributed by atoms with Gasteiger partial charge in [0.25, 0.3) is 0 Å². The van der Waals surface area contributed by atoms with Crippen LogP contribution in [-0.4, -0.2) is 0 Å². The van der Waals surface area contributed by atoms with Gasteiger partial charge in [-0.15, -0.1) is 0 Å². The molecule has 0 radical (unpaired) electrons. The van der Waals surface area contributed by atoms with E-state index in [4.69, 9.17) is 0 Å². The second-order valence-electron chi connectivity index (χ2n) is 3.65. The molecule has 0 N–H and O–H groups in total. The van der Waals surface area contributed by atoms with Crippen molar-refractivity contribution < 1.29 is 0 Å². The minimum Gasteiger partial charge on any atom is -0.0885 e. The number of hydrogen-bond acceptors (Lipinski definition) is 0. The number of aryl methyl sites for hydroxylation is 1. The molecule has 1 aromatic carbocycles.